The Hall–Kier alpha value is -0.120. The lowest BCUT2D eigenvalue weighted by molar-refractivity contribution is -0.107. The molecule has 3 nitrogen and oxygen atoms in total. The van der Waals surface area contributed by atoms with Crippen molar-refractivity contribution in [2.24, 2.45) is 17.6 Å². The average molecular weight is 268 g/mol. The first-order valence-electron chi connectivity index (χ1n) is 8.07. The number of nitrogens with two attached hydrogens (primary N) is 1. The molecule has 4 unspecified atom stereocenters. The molecule has 2 aliphatic heterocycles. The molecule has 0 aromatic rings. The number of hydrogen-bond acceptors (Lipinski definition) is 3. The topological polar surface area (TPSA) is 38.5 Å². The molecule has 2 N–H and O–H groups in total. The van der Waals surface area contributed by atoms with E-state index in [4.69, 9.17) is 10.5 Å². The molecular weight excluding hydrogens is 236 g/mol. The first-order chi connectivity index (χ1) is 8.98. The quantitative estimate of drug-likeness (QED) is 0.855. The highest BCUT2D eigenvalue weighted by atomic mass is 16.5. The molecule has 4 atom stereocenters. The Morgan fingerprint density at radius 1 is 1.32 bits per heavy atom. The summed E-state index contributed by atoms with van der Waals surface area (Å²) in [6.45, 7) is 12.1. The number of hydrogen-bond donors (Lipinski definition) is 1. The molecule has 0 saturated carbocycles. The fraction of sp³-hybridized carbons (Fsp3) is 1.00. The van der Waals surface area contributed by atoms with Gasteiger partial charge in [-0.15, -0.1) is 0 Å². The summed E-state index contributed by atoms with van der Waals surface area (Å²) in [7, 11) is 0. The molecule has 2 aliphatic rings. The molecule has 19 heavy (non-hydrogen) atoms. The van der Waals surface area contributed by atoms with Crippen molar-refractivity contribution in [3.8, 4) is 0 Å². The van der Waals surface area contributed by atoms with E-state index in [2.05, 4.69) is 32.6 Å². The van der Waals surface area contributed by atoms with Crippen molar-refractivity contribution in [2.45, 2.75) is 71.1 Å². The van der Waals surface area contributed by atoms with Gasteiger partial charge in [-0.3, -0.25) is 4.90 Å². The summed E-state index contributed by atoms with van der Waals surface area (Å²) in [4.78, 5) is 2.72. The van der Waals surface area contributed by atoms with Gasteiger partial charge >= 0.3 is 0 Å². The monoisotopic (exact) mass is 268 g/mol. The molecule has 0 aromatic carbocycles. The maximum atomic E-state index is 6.24. The first kappa shape index (κ1) is 15.3. The Balaban J connectivity index is 2.16. The molecule has 2 saturated heterocycles. The predicted octanol–water partition coefficient (Wildman–Crippen LogP) is 2.64. The lowest BCUT2D eigenvalue weighted by atomic mass is 9.78. The smallest absolute Gasteiger partial charge is 0.0616 e. The molecule has 0 radical (unpaired) electrons. The van der Waals surface area contributed by atoms with E-state index >= 15 is 0 Å². The lowest BCUT2D eigenvalue weighted by Gasteiger charge is -2.53. The highest BCUT2D eigenvalue weighted by Crippen LogP contribution is 2.37. The Morgan fingerprint density at radius 3 is 2.68 bits per heavy atom. The minimum Gasteiger partial charge on any atom is -0.378 e. The van der Waals surface area contributed by atoms with Crippen LogP contribution in [0.2, 0.25) is 0 Å². The van der Waals surface area contributed by atoms with Crippen molar-refractivity contribution < 1.29 is 4.74 Å². The van der Waals surface area contributed by atoms with Crippen molar-refractivity contribution >= 4 is 0 Å². The Bertz CT molecular complexity index is 294. The van der Waals surface area contributed by atoms with Gasteiger partial charge in [0.25, 0.3) is 0 Å². The summed E-state index contributed by atoms with van der Waals surface area (Å²) < 4.78 is 5.97. The maximum absolute atomic E-state index is 6.24. The van der Waals surface area contributed by atoms with Gasteiger partial charge in [-0.2, -0.15) is 0 Å². The van der Waals surface area contributed by atoms with Crippen molar-refractivity contribution in [2.75, 3.05) is 19.7 Å². The molecule has 0 amide bonds. The maximum Gasteiger partial charge on any atom is 0.0616 e. The number of likely N-dealkylation sites (tertiary alicyclic amines) is 1. The summed E-state index contributed by atoms with van der Waals surface area (Å²) in [6.07, 6.45) is 5.27. The third-order valence-electron chi connectivity index (χ3n) is 5.33. The molecule has 0 aliphatic carbocycles. The van der Waals surface area contributed by atoms with E-state index in [-0.39, 0.29) is 5.54 Å². The molecule has 2 fully saturated rings. The van der Waals surface area contributed by atoms with Crippen molar-refractivity contribution in [1.29, 1.82) is 0 Å². The molecule has 0 spiro atoms. The van der Waals surface area contributed by atoms with Crippen molar-refractivity contribution in [1.82, 2.24) is 4.90 Å². The summed E-state index contributed by atoms with van der Waals surface area (Å²) in [5.74, 6) is 1.39. The highest BCUT2D eigenvalue weighted by Gasteiger charge is 2.44. The van der Waals surface area contributed by atoms with Gasteiger partial charge in [0.05, 0.1) is 6.10 Å². The van der Waals surface area contributed by atoms with Crippen LogP contribution in [0.25, 0.3) is 0 Å². The third-order valence-corrected chi connectivity index (χ3v) is 5.33. The van der Waals surface area contributed by atoms with Crippen LogP contribution < -0.4 is 5.73 Å². The highest BCUT2D eigenvalue weighted by molar-refractivity contribution is 5.00. The van der Waals surface area contributed by atoms with E-state index in [0.717, 1.165) is 31.9 Å². The number of rotatable bonds is 3. The molecule has 3 heteroatoms. The van der Waals surface area contributed by atoms with Crippen LogP contribution in [-0.2, 0) is 4.74 Å². The van der Waals surface area contributed by atoms with Crippen molar-refractivity contribution in [3.63, 3.8) is 0 Å². The second kappa shape index (κ2) is 6.11. The van der Waals surface area contributed by atoms with Gasteiger partial charge in [0, 0.05) is 31.3 Å². The minimum absolute atomic E-state index is 0.182. The second-order valence-electron chi connectivity index (χ2n) is 7.22. The van der Waals surface area contributed by atoms with Crippen LogP contribution in [-0.4, -0.2) is 42.3 Å². The third kappa shape index (κ3) is 3.14. The summed E-state index contributed by atoms with van der Waals surface area (Å²) in [6, 6.07) is 0.672. The first-order valence-corrected chi connectivity index (χ1v) is 8.07. The molecule has 2 rings (SSSR count). The molecule has 112 valence electrons. The molecule has 0 aromatic heterocycles. The Kier molecular flexibility index (Phi) is 4.91. The van der Waals surface area contributed by atoms with E-state index in [9.17, 15) is 0 Å². The van der Waals surface area contributed by atoms with Crippen LogP contribution >= 0.6 is 0 Å². The van der Waals surface area contributed by atoms with Crippen LogP contribution in [0.5, 0.6) is 0 Å². The summed E-state index contributed by atoms with van der Waals surface area (Å²) in [5.41, 5.74) is 6.42. The number of nitrogens with zero attached hydrogens (tertiary/aromatic N) is 1. The van der Waals surface area contributed by atoms with E-state index in [1.165, 1.54) is 19.4 Å². The van der Waals surface area contributed by atoms with Crippen LogP contribution in [0, 0.1) is 11.8 Å². The van der Waals surface area contributed by atoms with E-state index in [1.54, 1.807) is 0 Å². The van der Waals surface area contributed by atoms with Crippen LogP contribution in [0.3, 0.4) is 0 Å². The number of ether oxygens (including phenoxy) is 1. The van der Waals surface area contributed by atoms with Gasteiger partial charge in [0.1, 0.15) is 0 Å². The summed E-state index contributed by atoms with van der Waals surface area (Å²) in [5, 5.41) is 0. The Morgan fingerprint density at radius 2 is 2.05 bits per heavy atom. The average Bonchev–Trinajstić information content (AvgIpc) is 2.41. The van der Waals surface area contributed by atoms with Gasteiger partial charge in [0.15, 0.2) is 0 Å². The normalized spacial score (nSPS) is 41.7. The molecular formula is C16H32N2O. The van der Waals surface area contributed by atoms with Gasteiger partial charge in [-0.1, -0.05) is 20.8 Å². The SMILES string of the molecule is CC1CCC(C)N(C2(CN)CCOC(C(C)C)C2)C1. The van der Waals surface area contributed by atoms with Gasteiger partial charge in [-0.05, 0) is 44.4 Å². The van der Waals surface area contributed by atoms with Gasteiger partial charge in [0.2, 0.25) is 0 Å². The predicted molar refractivity (Wildman–Crippen MR) is 80.2 cm³/mol. The minimum atomic E-state index is 0.182. The largest absolute Gasteiger partial charge is 0.378 e. The Labute approximate surface area is 118 Å². The van der Waals surface area contributed by atoms with Gasteiger partial charge < -0.3 is 10.5 Å². The zero-order chi connectivity index (χ0) is 14.0. The van der Waals surface area contributed by atoms with Crippen LogP contribution in [0.4, 0.5) is 0 Å². The van der Waals surface area contributed by atoms with Crippen molar-refractivity contribution in [3.05, 3.63) is 0 Å². The van der Waals surface area contributed by atoms with Crippen LogP contribution in [0.1, 0.15) is 53.4 Å². The van der Waals surface area contributed by atoms with Gasteiger partial charge in [-0.25, -0.2) is 0 Å². The second-order valence-corrected chi connectivity index (χ2v) is 7.22. The zero-order valence-corrected chi connectivity index (χ0v) is 13.2. The van der Waals surface area contributed by atoms with E-state index in [1.807, 2.05) is 0 Å². The molecule has 0 bridgehead atoms. The van der Waals surface area contributed by atoms with E-state index < -0.39 is 0 Å². The lowest BCUT2D eigenvalue weighted by Crippen LogP contribution is -2.63. The molecule has 2 heterocycles. The fourth-order valence-electron chi connectivity index (χ4n) is 3.88. The zero-order valence-electron chi connectivity index (χ0n) is 13.2. The standard InChI is InChI=1S/C16H32N2O/c1-12(2)15-9-16(11-17,7-8-19-15)18-10-13(3)5-6-14(18)4/h12-15H,5-11,17H2,1-4H3. The fourth-order valence-corrected chi connectivity index (χ4v) is 3.88. The van der Waals surface area contributed by atoms with E-state index in [0.29, 0.717) is 18.1 Å². The van der Waals surface area contributed by atoms with Crippen LogP contribution in [0.15, 0.2) is 0 Å². The summed E-state index contributed by atoms with van der Waals surface area (Å²) >= 11 is 0. The number of piperidine rings is 1.